The lowest BCUT2D eigenvalue weighted by Gasteiger charge is -2.33. The molecule has 1 atom stereocenters. The molecule has 1 aliphatic heterocycles. The molecule has 1 aromatic carbocycles. The third-order valence-electron chi connectivity index (χ3n) is 3.44. The van der Waals surface area contributed by atoms with Gasteiger partial charge >= 0.3 is 5.97 Å². The number of hydrogen-bond donors (Lipinski definition) is 0. The third kappa shape index (κ3) is 2.87. The number of piperidine rings is 1. The van der Waals surface area contributed by atoms with E-state index in [0.717, 1.165) is 12.5 Å². The molecule has 0 spiro atoms. The van der Waals surface area contributed by atoms with E-state index >= 15 is 0 Å². The molecule has 1 aromatic rings. The number of nitrogens with zero attached hydrogens (tertiary/aromatic N) is 2. The third-order valence-corrected chi connectivity index (χ3v) is 3.44. The Morgan fingerprint density at radius 3 is 2.90 bits per heavy atom. The van der Waals surface area contributed by atoms with E-state index in [1.165, 1.54) is 19.2 Å². The highest BCUT2D eigenvalue weighted by molar-refractivity contribution is 5.73. The van der Waals surface area contributed by atoms with Crippen molar-refractivity contribution in [2.75, 3.05) is 25.1 Å². The first kappa shape index (κ1) is 14.2. The number of esters is 1. The van der Waals surface area contributed by atoms with Gasteiger partial charge in [0.25, 0.3) is 5.69 Å². The molecule has 7 heteroatoms. The number of anilines is 1. The lowest BCUT2D eigenvalue weighted by molar-refractivity contribution is -0.385. The fraction of sp³-hybridized carbons (Fsp3) is 0.462. The normalized spacial score (nSPS) is 18.7. The van der Waals surface area contributed by atoms with E-state index in [1.807, 2.05) is 0 Å². The minimum absolute atomic E-state index is 0.282. The van der Waals surface area contributed by atoms with Crippen LogP contribution in [0.1, 0.15) is 12.8 Å². The second-order valence-electron chi connectivity index (χ2n) is 4.70. The summed E-state index contributed by atoms with van der Waals surface area (Å²) >= 11 is 0. The molecule has 6 nitrogen and oxygen atoms in total. The number of rotatable bonds is 3. The number of carbonyl (C=O) groups is 1. The Hall–Kier alpha value is -2.18. The van der Waals surface area contributed by atoms with Gasteiger partial charge in [-0.25, -0.2) is 4.39 Å². The van der Waals surface area contributed by atoms with E-state index in [1.54, 1.807) is 4.90 Å². The van der Waals surface area contributed by atoms with Crippen LogP contribution < -0.4 is 4.90 Å². The fourth-order valence-corrected chi connectivity index (χ4v) is 2.42. The van der Waals surface area contributed by atoms with Gasteiger partial charge in [0.05, 0.1) is 29.7 Å². The first-order valence-electron chi connectivity index (χ1n) is 6.29. The second-order valence-corrected chi connectivity index (χ2v) is 4.70. The van der Waals surface area contributed by atoms with Crippen molar-refractivity contribution < 1.29 is 18.8 Å². The molecule has 0 bridgehead atoms. The lowest BCUT2D eigenvalue weighted by atomic mass is 9.97. The van der Waals surface area contributed by atoms with Gasteiger partial charge in [-0.2, -0.15) is 0 Å². The van der Waals surface area contributed by atoms with Crippen molar-refractivity contribution in [1.82, 2.24) is 0 Å². The summed E-state index contributed by atoms with van der Waals surface area (Å²) in [6, 6.07) is 3.55. The largest absolute Gasteiger partial charge is 0.469 e. The van der Waals surface area contributed by atoms with Crippen LogP contribution in [0.4, 0.5) is 15.8 Å². The number of nitro groups is 1. The van der Waals surface area contributed by atoms with Gasteiger partial charge in [-0.3, -0.25) is 14.9 Å². The summed E-state index contributed by atoms with van der Waals surface area (Å²) in [4.78, 5) is 23.2. The van der Waals surface area contributed by atoms with Crippen molar-refractivity contribution in [1.29, 1.82) is 0 Å². The maximum absolute atomic E-state index is 13.9. The Balaban J connectivity index is 2.19. The molecule has 1 aliphatic rings. The van der Waals surface area contributed by atoms with E-state index < -0.39 is 10.7 Å². The number of nitro benzene ring substituents is 1. The zero-order valence-electron chi connectivity index (χ0n) is 11.0. The highest BCUT2D eigenvalue weighted by Gasteiger charge is 2.28. The Kier molecular flexibility index (Phi) is 4.16. The first-order chi connectivity index (χ1) is 9.52. The highest BCUT2D eigenvalue weighted by Crippen LogP contribution is 2.28. The summed E-state index contributed by atoms with van der Waals surface area (Å²) in [5.74, 6) is -1.25. The predicted molar refractivity (Wildman–Crippen MR) is 70.0 cm³/mol. The summed E-state index contributed by atoms with van der Waals surface area (Å²) in [6.07, 6.45) is 1.45. The number of hydrogen-bond acceptors (Lipinski definition) is 5. The molecule has 0 aliphatic carbocycles. The van der Waals surface area contributed by atoms with E-state index in [9.17, 15) is 19.3 Å². The van der Waals surface area contributed by atoms with Gasteiger partial charge in [0.2, 0.25) is 0 Å². The standard InChI is InChI=1S/C13H15FN2O4/c1-20-13(17)9-3-2-6-15(8-9)12-5-4-10(16(18)19)7-11(12)14/h4-5,7,9H,2-3,6,8H2,1H3/t9-/m0/s1. The van der Waals surface area contributed by atoms with Crippen molar-refractivity contribution in [3.63, 3.8) is 0 Å². The monoisotopic (exact) mass is 282 g/mol. The average Bonchev–Trinajstić information content (AvgIpc) is 2.46. The van der Waals surface area contributed by atoms with Crippen LogP contribution in [0.25, 0.3) is 0 Å². The van der Waals surface area contributed by atoms with Gasteiger partial charge < -0.3 is 9.64 Å². The van der Waals surface area contributed by atoms with Gasteiger partial charge in [-0.05, 0) is 18.9 Å². The van der Waals surface area contributed by atoms with Crippen molar-refractivity contribution in [3.8, 4) is 0 Å². The minimum Gasteiger partial charge on any atom is -0.469 e. The van der Waals surface area contributed by atoms with Crippen LogP contribution in [0.5, 0.6) is 0 Å². The Labute approximate surface area is 115 Å². The van der Waals surface area contributed by atoms with Crippen molar-refractivity contribution in [2.24, 2.45) is 5.92 Å². The predicted octanol–water partition coefficient (Wildman–Crippen LogP) is 2.12. The van der Waals surface area contributed by atoms with Gasteiger partial charge in [0, 0.05) is 19.2 Å². The van der Waals surface area contributed by atoms with Crippen molar-refractivity contribution in [2.45, 2.75) is 12.8 Å². The van der Waals surface area contributed by atoms with Gasteiger partial charge in [0.1, 0.15) is 0 Å². The van der Waals surface area contributed by atoms with Crippen LogP contribution in [0, 0.1) is 21.8 Å². The maximum atomic E-state index is 13.9. The minimum atomic E-state index is -0.648. The molecule has 0 N–H and O–H groups in total. The van der Waals surface area contributed by atoms with Gasteiger partial charge in [0.15, 0.2) is 5.82 Å². The first-order valence-corrected chi connectivity index (χ1v) is 6.29. The van der Waals surface area contributed by atoms with Crippen molar-refractivity contribution >= 4 is 17.3 Å². The molecule has 0 amide bonds. The maximum Gasteiger partial charge on any atom is 0.310 e. The van der Waals surface area contributed by atoms with Crippen LogP contribution in [0.3, 0.4) is 0 Å². The van der Waals surface area contributed by atoms with E-state index in [-0.39, 0.29) is 23.3 Å². The molecule has 0 aromatic heterocycles. The molecular formula is C13H15FN2O4. The summed E-state index contributed by atoms with van der Waals surface area (Å²) in [7, 11) is 1.33. The fourth-order valence-electron chi connectivity index (χ4n) is 2.42. The zero-order chi connectivity index (χ0) is 14.7. The number of non-ortho nitro benzene ring substituents is 1. The molecule has 2 rings (SSSR count). The quantitative estimate of drug-likeness (QED) is 0.482. The molecule has 0 radical (unpaired) electrons. The Morgan fingerprint density at radius 2 is 2.30 bits per heavy atom. The SMILES string of the molecule is COC(=O)[C@H]1CCCN(c2ccc([N+](=O)[O-])cc2F)C1. The Bertz CT molecular complexity index is 535. The van der Waals surface area contributed by atoms with E-state index in [2.05, 4.69) is 0 Å². The second kappa shape index (κ2) is 5.85. The van der Waals surface area contributed by atoms with Gasteiger partial charge in [-0.15, -0.1) is 0 Å². The van der Waals surface area contributed by atoms with E-state index in [0.29, 0.717) is 19.5 Å². The van der Waals surface area contributed by atoms with E-state index in [4.69, 9.17) is 4.74 Å². The topological polar surface area (TPSA) is 72.7 Å². The van der Waals surface area contributed by atoms with Crippen LogP contribution in [-0.2, 0) is 9.53 Å². The number of benzene rings is 1. The number of carbonyl (C=O) groups excluding carboxylic acids is 1. The molecule has 1 fully saturated rings. The smallest absolute Gasteiger partial charge is 0.310 e. The van der Waals surface area contributed by atoms with Crippen molar-refractivity contribution in [3.05, 3.63) is 34.1 Å². The average molecular weight is 282 g/mol. The van der Waals surface area contributed by atoms with Crippen LogP contribution in [-0.4, -0.2) is 31.1 Å². The molecular weight excluding hydrogens is 267 g/mol. The molecule has 0 unspecified atom stereocenters. The molecule has 1 heterocycles. The Morgan fingerprint density at radius 1 is 1.55 bits per heavy atom. The number of halogens is 1. The van der Waals surface area contributed by atoms with Gasteiger partial charge in [-0.1, -0.05) is 0 Å². The highest BCUT2D eigenvalue weighted by atomic mass is 19.1. The summed E-state index contributed by atoms with van der Waals surface area (Å²) in [5.41, 5.74) is -0.00280. The molecule has 0 saturated carbocycles. The molecule has 108 valence electrons. The summed E-state index contributed by atoms with van der Waals surface area (Å²) < 4.78 is 18.6. The lowest BCUT2D eigenvalue weighted by Crippen LogP contribution is -2.39. The van der Waals surface area contributed by atoms with Crippen LogP contribution >= 0.6 is 0 Å². The zero-order valence-corrected chi connectivity index (χ0v) is 11.0. The molecule has 1 saturated heterocycles. The molecule has 20 heavy (non-hydrogen) atoms. The van der Waals surface area contributed by atoms with Crippen LogP contribution in [0.15, 0.2) is 18.2 Å². The number of methoxy groups -OCH3 is 1. The number of ether oxygens (including phenoxy) is 1. The van der Waals surface area contributed by atoms with Crippen LogP contribution in [0.2, 0.25) is 0 Å². The summed E-state index contributed by atoms with van der Waals surface area (Å²) in [6.45, 7) is 0.976. The summed E-state index contributed by atoms with van der Waals surface area (Å²) in [5, 5.41) is 10.6.